The molecular formula is C25H19F3O4. The molecule has 32 heavy (non-hydrogen) atoms. The monoisotopic (exact) mass is 440 g/mol. The maximum atomic E-state index is 13.7. The molecule has 0 saturated carbocycles. The van der Waals surface area contributed by atoms with E-state index in [1.807, 2.05) is 30.3 Å². The van der Waals surface area contributed by atoms with Crippen LogP contribution >= 0.6 is 0 Å². The fourth-order valence-electron chi connectivity index (χ4n) is 3.25. The molecule has 4 rings (SSSR count). The predicted molar refractivity (Wildman–Crippen MR) is 114 cm³/mol. The molecule has 0 atom stereocenters. The van der Waals surface area contributed by atoms with E-state index in [4.69, 9.17) is 13.9 Å². The van der Waals surface area contributed by atoms with Crippen LogP contribution in [0.3, 0.4) is 0 Å². The van der Waals surface area contributed by atoms with E-state index < -0.39 is 23.1 Å². The summed E-state index contributed by atoms with van der Waals surface area (Å²) in [7, 11) is 0. The third kappa shape index (κ3) is 4.77. The van der Waals surface area contributed by atoms with Gasteiger partial charge in [-0.25, -0.2) is 0 Å². The first-order valence-corrected chi connectivity index (χ1v) is 9.90. The van der Waals surface area contributed by atoms with Gasteiger partial charge in [-0.1, -0.05) is 42.5 Å². The highest BCUT2D eigenvalue weighted by molar-refractivity contribution is 5.79. The van der Waals surface area contributed by atoms with Gasteiger partial charge in [0.2, 0.25) is 11.2 Å². The Balaban J connectivity index is 1.67. The minimum Gasteiger partial charge on any atom is -0.493 e. The lowest BCUT2D eigenvalue weighted by Gasteiger charge is -2.14. The van der Waals surface area contributed by atoms with Crippen LogP contribution in [0.5, 0.6) is 17.2 Å². The van der Waals surface area contributed by atoms with Gasteiger partial charge in [0.1, 0.15) is 17.1 Å². The van der Waals surface area contributed by atoms with Crippen molar-refractivity contribution in [1.29, 1.82) is 0 Å². The van der Waals surface area contributed by atoms with Crippen LogP contribution in [0.15, 0.2) is 82.0 Å². The van der Waals surface area contributed by atoms with E-state index in [0.29, 0.717) is 18.8 Å². The predicted octanol–water partition coefficient (Wildman–Crippen LogP) is 6.53. The lowest BCUT2D eigenvalue weighted by atomic mass is 10.1. The van der Waals surface area contributed by atoms with E-state index in [1.54, 1.807) is 19.1 Å². The molecule has 0 unspecified atom stereocenters. The van der Waals surface area contributed by atoms with Crippen molar-refractivity contribution < 1.29 is 27.1 Å². The van der Waals surface area contributed by atoms with E-state index in [1.165, 1.54) is 30.3 Å². The van der Waals surface area contributed by atoms with E-state index in [9.17, 15) is 18.0 Å². The van der Waals surface area contributed by atoms with Gasteiger partial charge in [-0.2, -0.15) is 13.2 Å². The Morgan fingerprint density at radius 3 is 2.41 bits per heavy atom. The van der Waals surface area contributed by atoms with Crippen molar-refractivity contribution in [2.75, 3.05) is 6.61 Å². The molecule has 0 aliphatic carbocycles. The van der Waals surface area contributed by atoms with Crippen LogP contribution in [0.4, 0.5) is 13.2 Å². The molecule has 0 bridgehead atoms. The first kappa shape index (κ1) is 21.5. The van der Waals surface area contributed by atoms with E-state index in [-0.39, 0.29) is 16.7 Å². The fourth-order valence-corrected chi connectivity index (χ4v) is 3.25. The molecule has 0 amide bonds. The average Bonchev–Trinajstić information content (AvgIpc) is 2.75. The highest BCUT2D eigenvalue weighted by Crippen LogP contribution is 2.38. The zero-order valence-corrected chi connectivity index (χ0v) is 17.1. The van der Waals surface area contributed by atoms with Crippen LogP contribution in [-0.4, -0.2) is 6.61 Å². The second kappa shape index (κ2) is 8.78. The number of alkyl halides is 3. The van der Waals surface area contributed by atoms with Crippen molar-refractivity contribution in [3.05, 3.63) is 99.9 Å². The minimum atomic E-state index is -4.92. The quantitative estimate of drug-likeness (QED) is 0.342. The summed E-state index contributed by atoms with van der Waals surface area (Å²) in [5, 5.41) is -0.0314. The summed E-state index contributed by atoms with van der Waals surface area (Å²) in [5.74, 6) is -1.97. The molecule has 0 spiro atoms. The molecule has 7 heteroatoms. The molecule has 164 valence electrons. The zero-order valence-electron chi connectivity index (χ0n) is 17.1. The molecule has 1 aromatic heterocycles. The Bertz CT molecular complexity index is 1290. The highest BCUT2D eigenvalue weighted by Gasteiger charge is 2.40. The van der Waals surface area contributed by atoms with Gasteiger partial charge in [-0.05, 0) is 42.3 Å². The molecular weight excluding hydrogens is 421 g/mol. The molecule has 0 fully saturated rings. The molecule has 0 radical (unpaired) electrons. The number of rotatable bonds is 6. The van der Waals surface area contributed by atoms with Crippen molar-refractivity contribution in [1.82, 2.24) is 0 Å². The summed E-state index contributed by atoms with van der Waals surface area (Å²) in [6.45, 7) is 2.08. The molecule has 0 N–H and O–H groups in total. The SMILES string of the molecule is Cc1cccc(Oc2c(C(F)(F)F)oc3cc(OCCc4ccccc4)ccc3c2=O)c1. The van der Waals surface area contributed by atoms with Crippen LogP contribution < -0.4 is 14.9 Å². The minimum absolute atomic E-state index is 0.0314. The van der Waals surface area contributed by atoms with Crippen LogP contribution in [0, 0.1) is 6.92 Å². The fraction of sp³-hybridized carbons (Fsp3) is 0.160. The van der Waals surface area contributed by atoms with Crippen molar-refractivity contribution in [2.24, 2.45) is 0 Å². The first-order chi connectivity index (χ1) is 15.3. The van der Waals surface area contributed by atoms with Crippen LogP contribution in [-0.2, 0) is 12.6 Å². The Morgan fingerprint density at radius 1 is 0.906 bits per heavy atom. The van der Waals surface area contributed by atoms with Gasteiger partial charge in [0, 0.05) is 12.5 Å². The summed E-state index contributed by atoms with van der Waals surface area (Å²) in [4.78, 5) is 12.9. The molecule has 0 saturated heterocycles. The number of ether oxygens (including phenoxy) is 2. The molecule has 0 aliphatic rings. The number of fused-ring (bicyclic) bond motifs is 1. The largest absolute Gasteiger partial charge is 0.493 e. The number of benzene rings is 3. The van der Waals surface area contributed by atoms with Crippen molar-refractivity contribution in [3.8, 4) is 17.2 Å². The molecule has 3 aromatic carbocycles. The second-order valence-electron chi connectivity index (χ2n) is 7.25. The Morgan fingerprint density at radius 2 is 1.69 bits per heavy atom. The smallest absolute Gasteiger partial charge is 0.453 e. The second-order valence-corrected chi connectivity index (χ2v) is 7.25. The van der Waals surface area contributed by atoms with E-state index in [0.717, 1.165) is 11.1 Å². The van der Waals surface area contributed by atoms with E-state index >= 15 is 0 Å². The molecule has 4 nitrogen and oxygen atoms in total. The topological polar surface area (TPSA) is 48.7 Å². The summed E-state index contributed by atoms with van der Waals surface area (Å²) in [5.41, 5.74) is 0.711. The molecule has 4 aromatic rings. The summed E-state index contributed by atoms with van der Waals surface area (Å²) in [6.07, 6.45) is -4.30. The van der Waals surface area contributed by atoms with Crippen LogP contribution in [0.1, 0.15) is 16.9 Å². The Labute approximate surface area is 181 Å². The standard InChI is InChI=1S/C25H19F3O4/c1-16-6-5-9-19(14-16)31-23-22(29)20-11-10-18(15-21(20)32-24(23)25(26,27)28)30-13-12-17-7-3-2-4-8-17/h2-11,14-15H,12-13H2,1H3. The third-order valence-electron chi connectivity index (χ3n) is 4.79. The van der Waals surface area contributed by atoms with Gasteiger partial charge in [0.25, 0.3) is 5.76 Å². The molecule has 1 heterocycles. The van der Waals surface area contributed by atoms with Gasteiger partial charge >= 0.3 is 6.18 Å². The normalized spacial score (nSPS) is 11.5. The Hall–Kier alpha value is -3.74. The number of halogens is 3. The molecule has 0 aliphatic heterocycles. The van der Waals surface area contributed by atoms with Gasteiger partial charge in [0.05, 0.1) is 12.0 Å². The van der Waals surface area contributed by atoms with E-state index in [2.05, 4.69) is 0 Å². The summed E-state index contributed by atoms with van der Waals surface area (Å²) < 4.78 is 57.2. The van der Waals surface area contributed by atoms with Crippen molar-refractivity contribution in [2.45, 2.75) is 19.5 Å². The van der Waals surface area contributed by atoms with Gasteiger partial charge in [-0.3, -0.25) is 4.79 Å². The number of aryl methyl sites for hydroxylation is 1. The first-order valence-electron chi connectivity index (χ1n) is 9.90. The maximum absolute atomic E-state index is 13.7. The van der Waals surface area contributed by atoms with Crippen molar-refractivity contribution in [3.63, 3.8) is 0 Å². The maximum Gasteiger partial charge on any atom is 0.453 e. The van der Waals surface area contributed by atoms with Gasteiger partial charge in [0.15, 0.2) is 0 Å². The summed E-state index contributed by atoms with van der Waals surface area (Å²) in [6, 6.07) is 20.2. The zero-order chi connectivity index (χ0) is 22.7. The van der Waals surface area contributed by atoms with Gasteiger partial charge < -0.3 is 13.9 Å². The number of hydrogen-bond donors (Lipinski definition) is 0. The lowest BCUT2D eigenvalue weighted by Crippen LogP contribution is -2.15. The van der Waals surface area contributed by atoms with Gasteiger partial charge in [-0.15, -0.1) is 0 Å². The Kier molecular flexibility index (Phi) is 5.90. The third-order valence-corrected chi connectivity index (χ3v) is 4.79. The van der Waals surface area contributed by atoms with Crippen LogP contribution in [0.25, 0.3) is 11.0 Å². The number of hydrogen-bond acceptors (Lipinski definition) is 4. The van der Waals surface area contributed by atoms with Crippen molar-refractivity contribution >= 4 is 11.0 Å². The van der Waals surface area contributed by atoms with Crippen LogP contribution in [0.2, 0.25) is 0 Å². The highest BCUT2D eigenvalue weighted by atomic mass is 19.4. The lowest BCUT2D eigenvalue weighted by molar-refractivity contribution is -0.154. The average molecular weight is 440 g/mol. The summed E-state index contributed by atoms with van der Waals surface area (Å²) >= 11 is 0.